The molecule has 0 atom stereocenters. The number of rotatable bonds is 5. The smallest absolute Gasteiger partial charge is 0.157 e. The number of aromatic nitrogens is 2. The highest BCUT2D eigenvalue weighted by Crippen LogP contribution is 2.24. The molecule has 0 aliphatic rings. The van der Waals surface area contributed by atoms with Crippen LogP contribution >= 0.6 is 0 Å². The van der Waals surface area contributed by atoms with Gasteiger partial charge in [-0.1, -0.05) is 37.3 Å². The van der Waals surface area contributed by atoms with E-state index in [-0.39, 0.29) is 0 Å². The van der Waals surface area contributed by atoms with Gasteiger partial charge in [-0.25, -0.2) is 9.97 Å². The maximum absolute atomic E-state index is 5.96. The molecular formula is C15H19N3O. The fourth-order valence-electron chi connectivity index (χ4n) is 1.83. The van der Waals surface area contributed by atoms with Gasteiger partial charge in [-0.3, -0.25) is 0 Å². The highest BCUT2D eigenvalue weighted by atomic mass is 16.5. The topological polar surface area (TPSA) is 61.0 Å². The number of benzene rings is 1. The van der Waals surface area contributed by atoms with Gasteiger partial charge in [-0.15, -0.1) is 0 Å². The summed E-state index contributed by atoms with van der Waals surface area (Å²) < 4.78 is 5.47. The van der Waals surface area contributed by atoms with E-state index in [1.165, 1.54) is 0 Å². The van der Waals surface area contributed by atoms with E-state index in [0.29, 0.717) is 24.9 Å². The predicted octanol–water partition coefficient (Wildman–Crippen LogP) is 2.96. The van der Waals surface area contributed by atoms with E-state index in [9.17, 15) is 0 Å². The van der Waals surface area contributed by atoms with Gasteiger partial charge in [0.1, 0.15) is 12.4 Å². The number of anilines is 1. The van der Waals surface area contributed by atoms with Crippen LogP contribution in [0.15, 0.2) is 30.3 Å². The van der Waals surface area contributed by atoms with Gasteiger partial charge in [0.25, 0.3) is 0 Å². The first kappa shape index (κ1) is 13.5. The predicted molar refractivity (Wildman–Crippen MR) is 76.6 cm³/mol. The molecule has 1 aromatic heterocycles. The third-order valence-corrected chi connectivity index (χ3v) is 2.86. The highest BCUT2D eigenvalue weighted by Gasteiger charge is 2.10. The molecule has 0 fully saturated rings. The average molecular weight is 257 g/mol. The zero-order valence-electron chi connectivity index (χ0n) is 11.4. The maximum atomic E-state index is 5.96. The molecule has 4 nitrogen and oxygen atoms in total. The summed E-state index contributed by atoms with van der Waals surface area (Å²) in [7, 11) is 0. The number of ether oxygens (including phenoxy) is 1. The Kier molecular flexibility index (Phi) is 4.47. The first-order valence-corrected chi connectivity index (χ1v) is 6.48. The van der Waals surface area contributed by atoms with Crippen molar-refractivity contribution in [2.24, 2.45) is 0 Å². The molecule has 0 saturated carbocycles. The number of hydrogen-bond donors (Lipinski definition) is 1. The van der Waals surface area contributed by atoms with E-state index in [1.54, 1.807) is 0 Å². The molecule has 0 radical (unpaired) electrons. The number of nitrogens with two attached hydrogens (primary N) is 1. The van der Waals surface area contributed by atoms with Crippen LogP contribution < -0.4 is 5.73 Å². The van der Waals surface area contributed by atoms with E-state index in [2.05, 4.69) is 16.9 Å². The lowest BCUT2D eigenvalue weighted by molar-refractivity contribution is 0.116. The molecule has 0 unspecified atom stereocenters. The first-order valence-electron chi connectivity index (χ1n) is 6.48. The Hall–Kier alpha value is -1.94. The van der Waals surface area contributed by atoms with E-state index in [1.807, 2.05) is 37.3 Å². The zero-order chi connectivity index (χ0) is 13.7. The molecule has 2 rings (SSSR count). The third kappa shape index (κ3) is 3.29. The molecule has 2 N–H and O–H groups in total. The van der Waals surface area contributed by atoms with Crippen molar-refractivity contribution in [1.29, 1.82) is 0 Å². The average Bonchev–Trinajstić information content (AvgIpc) is 2.44. The van der Waals surface area contributed by atoms with Gasteiger partial charge in [-0.2, -0.15) is 0 Å². The van der Waals surface area contributed by atoms with E-state index >= 15 is 0 Å². The van der Waals surface area contributed by atoms with E-state index in [0.717, 1.165) is 23.2 Å². The third-order valence-electron chi connectivity index (χ3n) is 2.86. The largest absolute Gasteiger partial charge is 0.383 e. The molecule has 0 saturated heterocycles. The molecule has 0 amide bonds. The molecule has 0 aliphatic carbocycles. The molecular weight excluding hydrogens is 238 g/mol. The molecule has 1 aromatic carbocycles. The van der Waals surface area contributed by atoms with Gasteiger partial charge in [0.2, 0.25) is 0 Å². The first-order chi connectivity index (χ1) is 9.22. The second-order valence-corrected chi connectivity index (χ2v) is 4.42. The summed E-state index contributed by atoms with van der Waals surface area (Å²) in [5.74, 6) is 1.15. The molecule has 19 heavy (non-hydrogen) atoms. The molecule has 0 bridgehead atoms. The van der Waals surface area contributed by atoms with Crippen LogP contribution in [0, 0.1) is 6.92 Å². The zero-order valence-corrected chi connectivity index (χ0v) is 11.4. The quantitative estimate of drug-likeness (QED) is 0.836. The van der Waals surface area contributed by atoms with Gasteiger partial charge >= 0.3 is 0 Å². The Bertz CT molecular complexity index is 541. The van der Waals surface area contributed by atoms with Crippen molar-refractivity contribution in [2.45, 2.75) is 26.9 Å². The summed E-state index contributed by atoms with van der Waals surface area (Å²) >= 11 is 0. The normalized spacial score (nSPS) is 10.6. The van der Waals surface area contributed by atoms with Crippen molar-refractivity contribution < 1.29 is 4.74 Å². The van der Waals surface area contributed by atoms with Crippen LogP contribution in [0.3, 0.4) is 0 Å². The summed E-state index contributed by atoms with van der Waals surface area (Å²) in [4.78, 5) is 8.83. The van der Waals surface area contributed by atoms with Crippen LogP contribution in [-0.2, 0) is 11.3 Å². The van der Waals surface area contributed by atoms with Gasteiger partial charge in [0, 0.05) is 17.7 Å². The Morgan fingerprint density at radius 1 is 1.16 bits per heavy atom. The monoisotopic (exact) mass is 257 g/mol. The molecule has 0 spiro atoms. The van der Waals surface area contributed by atoms with Crippen molar-refractivity contribution in [3.05, 3.63) is 41.7 Å². The van der Waals surface area contributed by atoms with Crippen LogP contribution in [0.5, 0.6) is 0 Å². The minimum atomic E-state index is 0.401. The molecule has 0 aliphatic heterocycles. The minimum absolute atomic E-state index is 0.401. The summed E-state index contributed by atoms with van der Waals surface area (Å²) in [5.41, 5.74) is 8.79. The maximum Gasteiger partial charge on any atom is 0.157 e. The van der Waals surface area contributed by atoms with Crippen LogP contribution in [-0.4, -0.2) is 16.6 Å². The van der Waals surface area contributed by atoms with Crippen molar-refractivity contribution in [1.82, 2.24) is 9.97 Å². The Labute approximate surface area is 113 Å². The molecule has 100 valence electrons. The Morgan fingerprint density at radius 3 is 2.58 bits per heavy atom. The van der Waals surface area contributed by atoms with Crippen LogP contribution in [0.1, 0.15) is 24.7 Å². The lowest BCUT2D eigenvalue weighted by atomic mass is 10.1. The lowest BCUT2D eigenvalue weighted by Gasteiger charge is -2.10. The van der Waals surface area contributed by atoms with Gasteiger partial charge < -0.3 is 10.5 Å². The Morgan fingerprint density at radius 2 is 1.89 bits per heavy atom. The fourth-order valence-corrected chi connectivity index (χ4v) is 1.83. The molecule has 1 heterocycles. The Balaban J connectivity index is 2.32. The van der Waals surface area contributed by atoms with Gasteiger partial charge in [0.15, 0.2) is 5.82 Å². The highest BCUT2D eigenvalue weighted by molar-refractivity contribution is 5.67. The minimum Gasteiger partial charge on any atom is -0.383 e. The molecule has 2 aromatic rings. The van der Waals surface area contributed by atoms with Crippen LogP contribution in [0.2, 0.25) is 0 Å². The second-order valence-electron chi connectivity index (χ2n) is 4.42. The second kappa shape index (κ2) is 6.29. The van der Waals surface area contributed by atoms with E-state index in [4.69, 9.17) is 10.5 Å². The van der Waals surface area contributed by atoms with Crippen LogP contribution in [0.25, 0.3) is 11.3 Å². The summed E-state index contributed by atoms with van der Waals surface area (Å²) in [5, 5.41) is 0. The van der Waals surface area contributed by atoms with Crippen molar-refractivity contribution in [3.8, 4) is 11.3 Å². The number of nitrogens with zero attached hydrogens (tertiary/aromatic N) is 2. The fraction of sp³-hybridized carbons (Fsp3) is 0.333. The van der Waals surface area contributed by atoms with Crippen molar-refractivity contribution in [3.63, 3.8) is 0 Å². The molecule has 4 heteroatoms. The van der Waals surface area contributed by atoms with Crippen molar-refractivity contribution in [2.75, 3.05) is 12.3 Å². The van der Waals surface area contributed by atoms with E-state index < -0.39 is 0 Å². The summed E-state index contributed by atoms with van der Waals surface area (Å²) in [6, 6.07) is 9.99. The number of hydrogen-bond acceptors (Lipinski definition) is 4. The SMILES string of the molecule is CCCOCc1nc(N)c(C)c(-c2ccccc2)n1. The summed E-state index contributed by atoms with van der Waals surface area (Å²) in [6.45, 7) is 5.12. The van der Waals surface area contributed by atoms with Crippen molar-refractivity contribution >= 4 is 5.82 Å². The van der Waals surface area contributed by atoms with Gasteiger partial charge in [-0.05, 0) is 13.3 Å². The van der Waals surface area contributed by atoms with Crippen LogP contribution in [0.4, 0.5) is 5.82 Å². The van der Waals surface area contributed by atoms with Gasteiger partial charge in [0.05, 0.1) is 5.69 Å². The standard InChI is InChI=1S/C15H19N3O/c1-3-9-19-10-13-17-14(11(2)15(16)18-13)12-7-5-4-6-8-12/h4-8H,3,9-10H2,1-2H3,(H2,16,17,18). The number of nitrogen functional groups attached to an aromatic ring is 1. The lowest BCUT2D eigenvalue weighted by Crippen LogP contribution is -2.06. The summed E-state index contributed by atoms with van der Waals surface area (Å²) in [6.07, 6.45) is 0.979.